The Labute approximate surface area is 129 Å². The fourth-order valence-corrected chi connectivity index (χ4v) is 2.13. The van der Waals surface area contributed by atoms with E-state index in [9.17, 15) is 4.79 Å². The maximum atomic E-state index is 12.4. The predicted octanol–water partition coefficient (Wildman–Crippen LogP) is 3.66. The van der Waals surface area contributed by atoms with Gasteiger partial charge in [0.05, 0.1) is 11.6 Å². The van der Waals surface area contributed by atoms with Gasteiger partial charge in [-0.05, 0) is 43.7 Å². The van der Waals surface area contributed by atoms with Crippen molar-refractivity contribution < 1.29 is 4.79 Å². The molecule has 1 unspecified atom stereocenters. The van der Waals surface area contributed by atoms with Crippen LogP contribution in [0.4, 0.5) is 5.82 Å². The summed E-state index contributed by atoms with van der Waals surface area (Å²) in [4.78, 5) is 16.6. The van der Waals surface area contributed by atoms with Crippen molar-refractivity contribution in [3.8, 4) is 0 Å². The molecular weight excluding hydrogens is 286 g/mol. The van der Waals surface area contributed by atoms with E-state index >= 15 is 0 Å². The molecule has 1 aromatic heterocycles. The number of benzene rings is 1. The number of pyridine rings is 1. The highest BCUT2D eigenvalue weighted by Gasteiger charge is 2.15. The molecule has 0 saturated carbocycles. The Morgan fingerprint density at radius 3 is 2.67 bits per heavy atom. The second-order valence-electron chi connectivity index (χ2n) is 4.68. The minimum atomic E-state index is -0.151. The van der Waals surface area contributed by atoms with Gasteiger partial charge in [0.2, 0.25) is 0 Å². The third-order valence-electron chi connectivity index (χ3n) is 3.11. The first-order valence-corrected chi connectivity index (χ1v) is 7.24. The Kier molecular flexibility index (Phi) is 5.17. The highest BCUT2D eigenvalue weighted by molar-refractivity contribution is 6.30. The summed E-state index contributed by atoms with van der Waals surface area (Å²) in [6, 6.07) is 10.8. The van der Waals surface area contributed by atoms with Crippen LogP contribution in [0, 0.1) is 0 Å². The van der Waals surface area contributed by atoms with Gasteiger partial charge in [0.1, 0.15) is 5.82 Å². The molecular formula is C16H18ClN3O. The van der Waals surface area contributed by atoms with Gasteiger partial charge in [-0.25, -0.2) is 4.98 Å². The standard InChI is InChI=1S/C16H18ClN3O/c1-3-18-15-14(5-4-10-19-15)16(21)20-11(2)12-6-8-13(17)9-7-12/h4-11H,3H2,1-2H3,(H,18,19)(H,20,21). The summed E-state index contributed by atoms with van der Waals surface area (Å²) in [6.45, 7) is 4.61. The van der Waals surface area contributed by atoms with Crippen molar-refractivity contribution in [1.82, 2.24) is 10.3 Å². The van der Waals surface area contributed by atoms with Gasteiger partial charge in [0, 0.05) is 17.8 Å². The molecule has 4 nitrogen and oxygen atoms in total. The average Bonchev–Trinajstić information content (AvgIpc) is 2.48. The molecule has 0 aliphatic carbocycles. The van der Waals surface area contributed by atoms with E-state index < -0.39 is 0 Å². The van der Waals surface area contributed by atoms with Crippen molar-refractivity contribution in [2.24, 2.45) is 0 Å². The maximum absolute atomic E-state index is 12.4. The normalized spacial score (nSPS) is 11.8. The van der Waals surface area contributed by atoms with Crippen LogP contribution in [0.3, 0.4) is 0 Å². The van der Waals surface area contributed by atoms with Gasteiger partial charge in [0.15, 0.2) is 0 Å². The first kappa shape index (κ1) is 15.3. The van der Waals surface area contributed by atoms with Gasteiger partial charge in [-0.2, -0.15) is 0 Å². The van der Waals surface area contributed by atoms with Crippen LogP contribution in [0.25, 0.3) is 0 Å². The number of amides is 1. The fraction of sp³-hybridized carbons (Fsp3) is 0.250. The number of hydrogen-bond donors (Lipinski definition) is 2. The van der Waals surface area contributed by atoms with E-state index in [-0.39, 0.29) is 11.9 Å². The molecule has 1 heterocycles. The Bertz CT molecular complexity index is 613. The van der Waals surface area contributed by atoms with Crippen molar-refractivity contribution in [3.63, 3.8) is 0 Å². The SMILES string of the molecule is CCNc1ncccc1C(=O)NC(C)c1ccc(Cl)cc1. The number of carbonyl (C=O) groups excluding carboxylic acids is 1. The molecule has 2 aromatic rings. The third-order valence-corrected chi connectivity index (χ3v) is 3.37. The number of halogens is 1. The molecule has 1 aromatic carbocycles. The van der Waals surface area contributed by atoms with E-state index in [1.807, 2.05) is 38.1 Å². The van der Waals surface area contributed by atoms with Crippen LogP contribution in [0.5, 0.6) is 0 Å². The van der Waals surface area contributed by atoms with E-state index in [0.717, 1.165) is 5.56 Å². The second-order valence-corrected chi connectivity index (χ2v) is 5.11. The zero-order valence-electron chi connectivity index (χ0n) is 12.1. The molecule has 2 N–H and O–H groups in total. The Morgan fingerprint density at radius 2 is 2.00 bits per heavy atom. The zero-order chi connectivity index (χ0) is 15.2. The number of nitrogens with zero attached hydrogens (tertiary/aromatic N) is 1. The number of hydrogen-bond acceptors (Lipinski definition) is 3. The monoisotopic (exact) mass is 303 g/mol. The van der Waals surface area contributed by atoms with E-state index in [1.54, 1.807) is 18.3 Å². The molecule has 0 bridgehead atoms. The summed E-state index contributed by atoms with van der Waals surface area (Å²) in [5.41, 5.74) is 1.54. The van der Waals surface area contributed by atoms with Gasteiger partial charge in [-0.1, -0.05) is 23.7 Å². The minimum Gasteiger partial charge on any atom is -0.370 e. The van der Waals surface area contributed by atoms with Crippen LogP contribution in [0.15, 0.2) is 42.6 Å². The van der Waals surface area contributed by atoms with Crippen molar-refractivity contribution in [2.45, 2.75) is 19.9 Å². The van der Waals surface area contributed by atoms with Crippen molar-refractivity contribution in [2.75, 3.05) is 11.9 Å². The summed E-state index contributed by atoms with van der Waals surface area (Å²) in [5.74, 6) is 0.447. The number of nitrogens with one attached hydrogen (secondary N) is 2. The lowest BCUT2D eigenvalue weighted by Crippen LogP contribution is -2.27. The highest BCUT2D eigenvalue weighted by atomic mass is 35.5. The van der Waals surface area contributed by atoms with E-state index in [4.69, 9.17) is 11.6 Å². The molecule has 1 amide bonds. The largest absolute Gasteiger partial charge is 0.370 e. The Balaban J connectivity index is 2.12. The average molecular weight is 304 g/mol. The number of rotatable bonds is 5. The van der Waals surface area contributed by atoms with Gasteiger partial charge in [-0.15, -0.1) is 0 Å². The zero-order valence-corrected chi connectivity index (χ0v) is 12.8. The summed E-state index contributed by atoms with van der Waals surface area (Å²) < 4.78 is 0. The lowest BCUT2D eigenvalue weighted by atomic mass is 10.1. The molecule has 1 atom stereocenters. The first-order valence-electron chi connectivity index (χ1n) is 6.87. The van der Waals surface area contributed by atoms with E-state index in [1.165, 1.54) is 0 Å². The van der Waals surface area contributed by atoms with E-state index in [0.29, 0.717) is 22.9 Å². The molecule has 0 radical (unpaired) electrons. The summed E-state index contributed by atoms with van der Waals surface area (Å²) >= 11 is 5.87. The van der Waals surface area contributed by atoms with Crippen molar-refractivity contribution in [3.05, 3.63) is 58.7 Å². The maximum Gasteiger partial charge on any atom is 0.255 e. The Morgan fingerprint density at radius 1 is 1.29 bits per heavy atom. The highest BCUT2D eigenvalue weighted by Crippen LogP contribution is 2.18. The van der Waals surface area contributed by atoms with E-state index in [2.05, 4.69) is 15.6 Å². The molecule has 0 saturated heterocycles. The molecule has 21 heavy (non-hydrogen) atoms. The molecule has 0 spiro atoms. The fourth-order valence-electron chi connectivity index (χ4n) is 2.01. The molecule has 5 heteroatoms. The summed E-state index contributed by atoms with van der Waals surface area (Å²) in [6.07, 6.45) is 1.66. The quantitative estimate of drug-likeness (QED) is 0.886. The lowest BCUT2D eigenvalue weighted by Gasteiger charge is -2.16. The van der Waals surface area contributed by atoms with Crippen LogP contribution in [-0.4, -0.2) is 17.4 Å². The van der Waals surface area contributed by atoms with Crippen molar-refractivity contribution >= 4 is 23.3 Å². The smallest absolute Gasteiger partial charge is 0.255 e. The topological polar surface area (TPSA) is 54.0 Å². The summed E-state index contributed by atoms with van der Waals surface area (Å²) in [7, 11) is 0. The van der Waals surface area contributed by atoms with Crippen LogP contribution in [-0.2, 0) is 0 Å². The molecule has 0 fully saturated rings. The van der Waals surface area contributed by atoms with Gasteiger partial charge >= 0.3 is 0 Å². The summed E-state index contributed by atoms with van der Waals surface area (Å²) in [5, 5.41) is 6.74. The first-order chi connectivity index (χ1) is 10.1. The number of carbonyl (C=O) groups is 1. The minimum absolute atomic E-state index is 0.107. The van der Waals surface area contributed by atoms with Gasteiger partial charge < -0.3 is 10.6 Å². The Hall–Kier alpha value is -2.07. The number of aromatic nitrogens is 1. The van der Waals surface area contributed by atoms with Crippen molar-refractivity contribution in [1.29, 1.82) is 0 Å². The van der Waals surface area contributed by atoms with Crippen LogP contribution in [0.1, 0.15) is 35.8 Å². The van der Waals surface area contributed by atoms with Gasteiger partial charge in [0.25, 0.3) is 5.91 Å². The van der Waals surface area contributed by atoms with Crippen LogP contribution < -0.4 is 10.6 Å². The molecule has 0 aliphatic heterocycles. The molecule has 0 aliphatic rings. The molecule has 110 valence electrons. The van der Waals surface area contributed by atoms with Crippen LogP contribution >= 0.6 is 11.6 Å². The second kappa shape index (κ2) is 7.09. The van der Waals surface area contributed by atoms with Gasteiger partial charge in [-0.3, -0.25) is 4.79 Å². The lowest BCUT2D eigenvalue weighted by molar-refractivity contribution is 0.0940. The predicted molar refractivity (Wildman–Crippen MR) is 85.7 cm³/mol. The van der Waals surface area contributed by atoms with Crippen LogP contribution in [0.2, 0.25) is 5.02 Å². The molecule has 2 rings (SSSR count). The third kappa shape index (κ3) is 3.95. The number of anilines is 1.